The lowest BCUT2D eigenvalue weighted by molar-refractivity contribution is -0.386. The standard InChI is InChI=1S/C17H24N2O5/c1-17(2,3)13-9-8-12(11-14(13)19(23)24)16(22)18-10-6-4-5-7-15(20)21/h8-9,11H,4-7,10H2,1-3H3,(H,18,22)(H,20,21). The molecule has 0 bridgehead atoms. The second kappa shape index (κ2) is 8.42. The van der Waals surface area contributed by atoms with Gasteiger partial charge in [-0.15, -0.1) is 0 Å². The van der Waals surface area contributed by atoms with Gasteiger partial charge < -0.3 is 10.4 Å². The highest BCUT2D eigenvalue weighted by Gasteiger charge is 2.25. The van der Waals surface area contributed by atoms with Gasteiger partial charge in [-0.25, -0.2) is 0 Å². The third-order valence-electron chi connectivity index (χ3n) is 3.62. The van der Waals surface area contributed by atoms with Crippen LogP contribution in [0.25, 0.3) is 0 Å². The topological polar surface area (TPSA) is 110 Å². The molecule has 24 heavy (non-hydrogen) atoms. The molecule has 0 saturated heterocycles. The van der Waals surface area contributed by atoms with E-state index < -0.39 is 10.9 Å². The molecule has 1 aromatic carbocycles. The normalized spacial score (nSPS) is 11.1. The van der Waals surface area contributed by atoms with Crippen molar-refractivity contribution in [1.82, 2.24) is 5.32 Å². The molecule has 0 aliphatic heterocycles. The number of nitrogens with zero attached hydrogens (tertiary/aromatic N) is 1. The Kier molecular flexibility index (Phi) is 6.88. The number of carbonyl (C=O) groups is 2. The maximum Gasteiger partial charge on any atom is 0.303 e. The highest BCUT2D eigenvalue weighted by molar-refractivity contribution is 5.95. The molecule has 1 amide bonds. The smallest absolute Gasteiger partial charge is 0.303 e. The van der Waals surface area contributed by atoms with Crippen molar-refractivity contribution in [2.45, 2.75) is 51.9 Å². The second-order valence-electron chi connectivity index (χ2n) is 6.70. The predicted octanol–water partition coefficient (Wildman–Crippen LogP) is 3.27. The minimum atomic E-state index is -0.828. The molecule has 0 heterocycles. The monoisotopic (exact) mass is 336 g/mol. The molecule has 7 heteroatoms. The van der Waals surface area contributed by atoms with Gasteiger partial charge in [0.2, 0.25) is 0 Å². The predicted molar refractivity (Wildman–Crippen MR) is 90.2 cm³/mol. The molecule has 0 unspecified atom stereocenters. The molecule has 132 valence electrons. The van der Waals surface area contributed by atoms with Crippen LogP contribution in [0.5, 0.6) is 0 Å². The number of nitrogens with one attached hydrogen (secondary N) is 1. The summed E-state index contributed by atoms with van der Waals surface area (Å²) in [5.74, 6) is -1.19. The third-order valence-corrected chi connectivity index (χ3v) is 3.62. The van der Waals surface area contributed by atoms with E-state index in [1.807, 2.05) is 20.8 Å². The van der Waals surface area contributed by atoms with E-state index >= 15 is 0 Å². The van der Waals surface area contributed by atoms with Crippen LogP contribution in [0.15, 0.2) is 18.2 Å². The molecule has 0 aliphatic rings. The van der Waals surface area contributed by atoms with Gasteiger partial charge in [-0.05, 0) is 24.3 Å². The summed E-state index contributed by atoms with van der Waals surface area (Å²) in [6, 6.07) is 4.52. The van der Waals surface area contributed by atoms with Crippen molar-refractivity contribution >= 4 is 17.6 Å². The zero-order valence-electron chi connectivity index (χ0n) is 14.3. The van der Waals surface area contributed by atoms with E-state index in [1.54, 1.807) is 12.1 Å². The van der Waals surface area contributed by atoms with Gasteiger partial charge in [0, 0.05) is 30.2 Å². The summed E-state index contributed by atoms with van der Waals surface area (Å²) in [6.07, 6.45) is 2.06. The lowest BCUT2D eigenvalue weighted by atomic mass is 9.85. The average Bonchev–Trinajstić information content (AvgIpc) is 2.48. The van der Waals surface area contributed by atoms with E-state index in [0.29, 0.717) is 31.4 Å². The Morgan fingerprint density at radius 1 is 1.21 bits per heavy atom. The van der Waals surface area contributed by atoms with Crippen LogP contribution in [-0.2, 0) is 10.2 Å². The molecule has 0 aromatic heterocycles. The summed E-state index contributed by atoms with van der Waals surface area (Å²) in [4.78, 5) is 33.3. The Hall–Kier alpha value is -2.44. The van der Waals surface area contributed by atoms with Crippen LogP contribution in [0.3, 0.4) is 0 Å². The maximum atomic E-state index is 12.1. The number of benzene rings is 1. The van der Waals surface area contributed by atoms with Gasteiger partial charge in [-0.1, -0.05) is 33.3 Å². The van der Waals surface area contributed by atoms with Gasteiger partial charge in [0.15, 0.2) is 0 Å². The molecule has 0 atom stereocenters. The SMILES string of the molecule is CC(C)(C)c1ccc(C(=O)NCCCCCC(=O)O)cc1[N+](=O)[O-]. The number of unbranched alkanes of at least 4 members (excludes halogenated alkanes) is 2. The van der Waals surface area contributed by atoms with E-state index in [4.69, 9.17) is 5.11 Å². The number of carbonyl (C=O) groups excluding carboxylic acids is 1. The first-order valence-electron chi connectivity index (χ1n) is 7.92. The van der Waals surface area contributed by atoms with E-state index in [1.165, 1.54) is 6.07 Å². The van der Waals surface area contributed by atoms with Crippen LogP contribution >= 0.6 is 0 Å². The third kappa shape index (κ3) is 5.98. The molecule has 0 spiro atoms. The van der Waals surface area contributed by atoms with Crippen LogP contribution in [-0.4, -0.2) is 28.5 Å². The summed E-state index contributed by atoms with van der Waals surface area (Å²) in [5.41, 5.74) is 0.385. The van der Waals surface area contributed by atoms with Crippen molar-refractivity contribution < 1.29 is 19.6 Å². The summed E-state index contributed by atoms with van der Waals surface area (Å²) >= 11 is 0. The fraction of sp³-hybridized carbons (Fsp3) is 0.529. The Balaban J connectivity index is 2.67. The quantitative estimate of drug-likeness (QED) is 0.430. The lowest BCUT2D eigenvalue weighted by Gasteiger charge is -2.19. The van der Waals surface area contributed by atoms with Gasteiger partial charge in [-0.2, -0.15) is 0 Å². The van der Waals surface area contributed by atoms with Crippen molar-refractivity contribution in [3.05, 3.63) is 39.4 Å². The van der Waals surface area contributed by atoms with Crippen molar-refractivity contribution in [3.63, 3.8) is 0 Å². The van der Waals surface area contributed by atoms with Crippen molar-refractivity contribution in [1.29, 1.82) is 0 Å². The largest absolute Gasteiger partial charge is 0.481 e. The highest BCUT2D eigenvalue weighted by Crippen LogP contribution is 2.31. The summed E-state index contributed by atoms with van der Waals surface area (Å²) in [7, 11) is 0. The molecule has 0 radical (unpaired) electrons. The number of carboxylic acids is 1. The molecule has 2 N–H and O–H groups in total. The molecule has 0 fully saturated rings. The molecule has 0 saturated carbocycles. The Morgan fingerprint density at radius 3 is 2.42 bits per heavy atom. The first-order valence-corrected chi connectivity index (χ1v) is 7.92. The molecule has 1 rings (SSSR count). The number of hydrogen-bond acceptors (Lipinski definition) is 4. The minimum Gasteiger partial charge on any atom is -0.481 e. The average molecular weight is 336 g/mol. The van der Waals surface area contributed by atoms with Crippen LogP contribution in [0.4, 0.5) is 5.69 Å². The number of nitro groups is 1. The van der Waals surface area contributed by atoms with Gasteiger partial charge in [0.05, 0.1) is 4.92 Å². The number of carboxylic acid groups (broad SMARTS) is 1. The zero-order valence-corrected chi connectivity index (χ0v) is 14.3. The van der Waals surface area contributed by atoms with E-state index in [0.717, 1.165) is 0 Å². The number of hydrogen-bond donors (Lipinski definition) is 2. The molecular formula is C17H24N2O5. The van der Waals surface area contributed by atoms with Crippen molar-refractivity contribution in [2.75, 3.05) is 6.54 Å². The van der Waals surface area contributed by atoms with Crippen LogP contribution in [0, 0.1) is 10.1 Å². The highest BCUT2D eigenvalue weighted by atomic mass is 16.6. The van der Waals surface area contributed by atoms with Crippen molar-refractivity contribution in [2.24, 2.45) is 0 Å². The summed E-state index contributed by atoms with van der Waals surface area (Å²) < 4.78 is 0. The lowest BCUT2D eigenvalue weighted by Crippen LogP contribution is -2.25. The Bertz CT molecular complexity index is 620. The molecule has 0 aliphatic carbocycles. The number of nitro benzene ring substituents is 1. The number of amides is 1. The number of aliphatic carboxylic acids is 1. The van der Waals surface area contributed by atoms with Crippen LogP contribution < -0.4 is 5.32 Å². The Morgan fingerprint density at radius 2 is 1.88 bits per heavy atom. The first kappa shape index (κ1) is 19.6. The first-order chi connectivity index (χ1) is 11.1. The Labute approximate surface area is 141 Å². The zero-order chi connectivity index (χ0) is 18.3. The van der Waals surface area contributed by atoms with Gasteiger partial charge >= 0.3 is 5.97 Å². The summed E-state index contributed by atoms with van der Waals surface area (Å²) in [6.45, 7) is 6.05. The van der Waals surface area contributed by atoms with Gasteiger partial charge in [0.1, 0.15) is 0 Å². The minimum absolute atomic E-state index is 0.0587. The number of rotatable bonds is 8. The molecular weight excluding hydrogens is 312 g/mol. The van der Waals surface area contributed by atoms with Gasteiger partial charge in [-0.3, -0.25) is 19.7 Å². The van der Waals surface area contributed by atoms with Crippen molar-refractivity contribution in [3.8, 4) is 0 Å². The summed E-state index contributed by atoms with van der Waals surface area (Å²) in [5, 5.41) is 22.5. The van der Waals surface area contributed by atoms with Gasteiger partial charge in [0.25, 0.3) is 11.6 Å². The van der Waals surface area contributed by atoms with Crippen LogP contribution in [0.1, 0.15) is 62.4 Å². The van der Waals surface area contributed by atoms with Crippen LogP contribution in [0.2, 0.25) is 0 Å². The fourth-order valence-electron chi connectivity index (χ4n) is 2.34. The molecule has 1 aromatic rings. The molecule has 7 nitrogen and oxygen atoms in total. The van der Waals surface area contributed by atoms with E-state index in [-0.39, 0.29) is 29.0 Å². The van der Waals surface area contributed by atoms with E-state index in [9.17, 15) is 19.7 Å². The second-order valence-corrected chi connectivity index (χ2v) is 6.70. The maximum absolute atomic E-state index is 12.1. The van der Waals surface area contributed by atoms with E-state index in [2.05, 4.69) is 5.32 Å². The fourth-order valence-corrected chi connectivity index (χ4v) is 2.34.